The maximum Gasteiger partial charge on any atom is 0.0850 e. The topological polar surface area (TPSA) is 20.2 Å². The summed E-state index contributed by atoms with van der Waals surface area (Å²) in [5.41, 5.74) is 4.15. The van der Waals surface area contributed by atoms with Gasteiger partial charge in [-0.3, -0.25) is 0 Å². The summed E-state index contributed by atoms with van der Waals surface area (Å²) in [7, 11) is 0. The number of hydrogen-bond acceptors (Lipinski definition) is 1. The van der Waals surface area contributed by atoms with E-state index >= 15 is 0 Å². The van der Waals surface area contributed by atoms with Crippen LogP contribution in [0.3, 0.4) is 0 Å². The van der Waals surface area contributed by atoms with E-state index in [1.54, 1.807) is 13.8 Å². The molecule has 0 bridgehead atoms. The van der Waals surface area contributed by atoms with Crippen LogP contribution in [0, 0.1) is 0 Å². The molecule has 2 rings (SSSR count). The van der Waals surface area contributed by atoms with Crippen molar-refractivity contribution < 1.29 is 5.11 Å². The third-order valence-corrected chi connectivity index (χ3v) is 4.79. The molecule has 1 N–H and O–H groups in total. The Labute approximate surface area is 157 Å². The third kappa shape index (κ3) is 4.38. The first kappa shape index (κ1) is 19.0. The maximum atomic E-state index is 10.7. The Balaban J connectivity index is 2.79. The summed E-state index contributed by atoms with van der Waals surface area (Å²) in [6.45, 7) is 7.64. The summed E-state index contributed by atoms with van der Waals surface area (Å²) >= 11 is 9.82. The van der Waals surface area contributed by atoms with E-state index in [1.165, 1.54) is 0 Å². The molecule has 3 heteroatoms. The van der Waals surface area contributed by atoms with Gasteiger partial charge in [0.05, 0.1) is 5.60 Å². The quantitative estimate of drug-likeness (QED) is 0.568. The number of halogens is 2. The van der Waals surface area contributed by atoms with E-state index in [2.05, 4.69) is 28.1 Å². The lowest BCUT2D eigenvalue weighted by molar-refractivity contribution is 0.122. The Morgan fingerprint density at radius 2 is 1.42 bits per heavy atom. The first-order valence-electron chi connectivity index (χ1n) is 7.83. The van der Waals surface area contributed by atoms with Gasteiger partial charge in [-0.05, 0) is 72.5 Å². The van der Waals surface area contributed by atoms with E-state index in [1.807, 2.05) is 56.3 Å². The van der Waals surface area contributed by atoms with Crippen molar-refractivity contribution in [3.05, 3.63) is 86.4 Å². The minimum atomic E-state index is -0.954. The van der Waals surface area contributed by atoms with Crippen molar-refractivity contribution in [1.29, 1.82) is 0 Å². The molecule has 0 heterocycles. The Kier molecular flexibility index (Phi) is 6.08. The molecule has 0 atom stereocenters. The third-order valence-electron chi connectivity index (χ3n) is 3.75. The van der Waals surface area contributed by atoms with Crippen molar-refractivity contribution in [2.24, 2.45) is 0 Å². The van der Waals surface area contributed by atoms with E-state index in [9.17, 15) is 5.11 Å². The van der Waals surface area contributed by atoms with Crippen LogP contribution < -0.4 is 0 Å². The van der Waals surface area contributed by atoms with E-state index in [0.29, 0.717) is 5.02 Å². The normalized spacial score (nSPS) is 12.6. The molecule has 0 fully saturated rings. The largest absolute Gasteiger partial charge is 0.386 e. The lowest BCUT2D eigenvalue weighted by Gasteiger charge is -2.26. The highest BCUT2D eigenvalue weighted by Gasteiger charge is 2.26. The summed E-state index contributed by atoms with van der Waals surface area (Å²) < 4.78 is 0.892. The first-order valence-corrected chi connectivity index (χ1v) is 9.00. The van der Waals surface area contributed by atoms with Crippen LogP contribution in [0.25, 0.3) is 5.57 Å². The molecule has 0 spiro atoms. The molecule has 0 radical (unpaired) electrons. The van der Waals surface area contributed by atoms with Crippen LogP contribution in [0.2, 0.25) is 5.02 Å². The van der Waals surface area contributed by atoms with E-state index < -0.39 is 5.60 Å². The van der Waals surface area contributed by atoms with Gasteiger partial charge in [0.1, 0.15) is 0 Å². The van der Waals surface area contributed by atoms with Crippen molar-refractivity contribution in [3.8, 4) is 0 Å². The fourth-order valence-corrected chi connectivity index (χ4v) is 4.33. The number of rotatable bonds is 4. The van der Waals surface area contributed by atoms with E-state index in [4.69, 9.17) is 11.6 Å². The van der Waals surface area contributed by atoms with Crippen molar-refractivity contribution in [3.63, 3.8) is 0 Å². The molecule has 2 aromatic rings. The Bertz CT molecular complexity index is 762. The Hall–Kier alpha value is -1.35. The molecular weight excluding hydrogens is 384 g/mol. The first-order chi connectivity index (χ1) is 11.2. The van der Waals surface area contributed by atoms with Crippen LogP contribution in [-0.4, -0.2) is 10.7 Å². The summed E-state index contributed by atoms with van der Waals surface area (Å²) in [4.78, 5) is 0. The fraction of sp³-hybridized carbons (Fsp3) is 0.238. The van der Waals surface area contributed by atoms with Crippen LogP contribution in [0.5, 0.6) is 0 Å². The Morgan fingerprint density at radius 3 is 1.88 bits per heavy atom. The zero-order valence-electron chi connectivity index (χ0n) is 14.4. The van der Waals surface area contributed by atoms with E-state index in [-0.39, 0.29) is 0 Å². The fourth-order valence-electron chi connectivity index (χ4n) is 2.87. The minimum Gasteiger partial charge on any atom is -0.386 e. The summed E-state index contributed by atoms with van der Waals surface area (Å²) in [5.74, 6) is 0. The lowest BCUT2D eigenvalue weighted by Crippen LogP contribution is -2.23. The van der Waals surface area contributed by atoms with Gasteiger partial charge in [0.25, 0.3) is 0 Å². The van der Waals surface area contributed by atoms with Gasteiger partial charge in [-0.15, -0.1) is 0 Å². The van der Waals surface area contributed by atoms with Crippen LogP contribution in [0.15, 0.2) is 70.2 Å². The number of aliphatic hydroxyl groups is 1. The molecular formula is C21H22BrClO. The van der Waals surface area contributed by atoms with Gasteiger partial charge in [-0.1, -0.05) is 59.6 Å². The predicted molar refractivity (Wildman–Crippen MR) is 108 cm³/mol. The molecule has 0 aliphatic heterocycles. The van der Waals surface area contributed by atoms with Crippen LogP contribution in [-0.2, 0) is 0 Å². The average molecular weight is 406 g/mol. The second-order valence-corrected chi connectivity index (χ2v) is 7.73. The molecule has 0 aliphatic carbocycles. The molecule has 0 saturated heterocycles. The maximum absolute atomic E-state index is 10.7. The van der Waals surface area contributed by atoms with Gasteiger partial charge in [-0.25, -0.2) is 0 Å². The average Bonchev–Trinajstić information content (AvgIpc) is 2.49. The standard InChI is InChI=1S/C21H22BrClO/c1-14(2)19(21(3,4)24)20(22)18(15-8-6-5-7-9-15)16-10-12-17(23)13-11-16/h5-13,24H,1-4H3/b20-18-. The van der Waals surface area contributed by atoms with Gasteiger partial charge in [0.15, 0.2) is 0 Å². The van der Waals surface area contributed by atoms with Gasteiger partial charge in [0, 0.05) is 15.1 Å². The summed E-state index contributed by atoms with van der Waals surface area (Å²) in [6, 6.07) is 17.9. The van der Waals surface area contributed by atoms with Crippen LogP contribution >= 0.6 is 27.5 Å². The number of hydrogen-bond donors (Lipinski definition) is 1. The SMILES string of the molecule is CC(C)=C(/C(Br)=C(\c1ccccc1)c1ccc(Cl)cc1)C(C)(C)O. The number of benzene rings is 2. The highest BCUT2D eigenvalue weighted by molar-refractivity contribution is 9.12. The second-order valence-electron chi connectivity index (χ2n) is 6.50. The molecule has 126 valence electrons. The zero-order chi connectivity index (χ0) is 17.9. The van der Waals surface area contributed by atoms with Gasteiger partial charge < -0.3 is 5.11 Å². The minimum absolute atomic E-state index is 0.701. The van der Waals surface area contributed by atoms with Crippen molar-refractivity contribution in [1.82, 2.24) is 0 Å². The lowest BCUT2D eigenvalue weighted by atomic mass is 9.88. The molecule has 1 nitrogen and oxygen atoms in total. The molecule has 0 saturated carbocycles. The predicted octanol–water partition coefficient (Wildman–Crippen LogP) is 6.60. The molecule has 0 amide bonds. The van der Waals surface area contributed by atoms with Gasteiger partial charge in [0.2, 0.25) is 0 Å². The molecule has 0 unspecified atom stereocenters. The van der Waals surface area contributed by atoms with Crippen LogP contribution in [0.4, 0.5) is 0 Å². The monoisotopic (exact) mass is 404 g/mol. The van der Waals surface area contributed by atoms with E-state index in [0.717, 1.165) is 32.3 Å². The highest BCUT2D eigenvalue weighted by atomic mass is 79.9. The molecule has 24 heavy (non-hydrogen) atoms. The number of allylic oxidation sites excluding steroid dienone is 1. The van der Waals surface area contributed by atoms with Gasteiger partial charge in [-0.2, -0.15) is 0 Å². The summed E-state index contributed by atoms with van der Waals surface area (Å²) in [6.07, 6.45) is 0. The second kappa shape index (κ2) is 7.69. The molecule has 0 aromatic heterocycles. The summed E-state index contributed by atoms with van der Waals surface area (Å²) in [5, 5.41) is 11.4. The molecule has 2 aromatic carbocycles. The van der Waals surface area contributed by atoms with Crippen LogP contribution in [0.1, 0.15) is 38.8 Å². The Morgan fingerprint density at radius 1 is 0.917 bits per heavy atom. The smallest absolute Gasteiger partial charge is 0.0850 e. The zero-order valence-corrected chi connectivity index (χ0v) is 16.7. The van der Waals surface area contributed by atoms with Crippen molar-refractivity contribution in [2.75, 3.05) is 0 Å². The molecule has 0 aliphatic rings. The highest BCUT2D eigenvalue weighted by Crippen LogP contribution is 2.39. The van der Waals surface area contributed by atoms with Gasteiger partial charge >= 0.3 is 0 Å². The van der Waals surface area contributed by atoms with Crippen molar-refractivity contribution >= 4 is 33.1 Å². The van der Waals surface area contributed by atoms with Crippen molar-refractivity contribution in [2.45, 2.75) is 33.3 Å².